The number of piperazine rings is 1. The molecular formula is C24H27N5O2. The molecule has 1 amide bonds. The molecule has 3 aromatic rings. The van der Waals surface area contributed by atoms with Crippen LogP contribution >= 0.6 is 0 Å². The lowest BCUT2D eigenvalue weighted by Crippen LogP contribution is -2.48. The Hall–Kier alpha value is -3.61. The van der Waals surface area contributed by atoms with Gasteiger partial charge in [-0.2, -0.15) is 0 Å². The number of hydrogen-bond donors (Lipinski definition) is 0. The molecule has 0 bridgehead atoms. The van der Waals surface area contributed by atoms with Crippen molar-refractivity contribution in [3.8, 4) is 5.75 Å². The fraction of sp³-hybridized carbons (Fsp3) is 0.292. The van der Waals surface area contributed by atoms with Crippen molar-refractivity contribution in [2.24, 2.45) is 0 Å². The molecule has 0 atom stereocenters. The van der Waals surface area contributed by atoms with Crippen LogP contribution in [0.15, 0.2) is 66.9 Å². The highest BCUT2D eigenvalue weighted by molar-refractivity contribution is 5.91. The van der Waals surface area contributed by atoms with E-state index in [1.54, 1.807) is 16.8 Å². The molecule has 2 aromatic carbocycles. The molecule has 0 unspecified atom stereocenters. The van der Waals surface area contributed by atoms with Crippen molar-refractivity contribution in [1.82, 2.24) is 19.9 Å². The quantitative estimate of drug-likeness (QED) is 0.553. The van der Waals surface area contributed by atoms with Crippen LogP contribution in [0.25, 0.3) is 6.08 Å². The van der Waals surface area contributed by atoms with Gasteiger partial charge in [-0.05, 0) is 30.7 Å². The smallest absolute Gasteiger partial charge is 0.246 e. The third-order valence-electron chi connectivity index (χ3n) is 5.24. The number of benzene rings is 2. The Morgan fingerprint density at radius 2 is 1.77 bits per heavy atom. The predicted molar refractivity (Wildman–Crippen MR) is 121 cm³/mol. The van der Waals surface area contributed by atoms with E-state index in [9.17, 15) is 4.79 Å². The number of rotatable bonds is 7. The Balaban J connectivity index is 1.31. The van der Waals surface area contributed by atoms with Crippen LogP contribution in [-0.4, -0.2) is 58.6 Å². The predicted octanol–water partition coefficient (Wildman–Crippen LogP) is 3.09. The van der Waals surface area contributed by atoms with E-state index in [1.165, 1.54) is 0 Å². The minimum atomic E-state index is -0.00430. The van der Waals surface area contributed by atoms with Gasteiger partial charge >= 0.3 is 0 Å². The van der Waals surface area contributed by atoms with E-state index >= 15 is 0 Å². The summed E-state index contributed by atoms with van der Waals surface area (Å²) in [5.41, 5.74) is 2.92. The van der Waals surface area contributed by atoms with Crippen LogP contribution in [0.3, 0.4) is 0 Å². The molecule has 0 N–H and O–H groups in total. The molecule has 1 fully saturated rings. The molecule has 4 rings (SSSR count). The molecule has 0 radical (unpaired) electrons. The summed E-state index contributed by atoms with van der Waals surface area (Å²) in [7, 11) is 0. The first-order valence-electron chi connectivity index (χ1n) is 10.6. The minimum Gasteiger partial charge on any atom is -0.492 e. The second kappa shape index (κ2) is 9.93. The molecule has 31 heavy (non-hydrogen) atoms. The number of carbonyl (C=O) groups excluding carboxylic acids is 1. The molecule has 160 valence electrons. The molecule has 7 nitrogen and oxygen atoms in total. The van der Waals surface area contributed by atoms with E-state index in [-0.39, 0.29) is 5.91 Å². The van der Waals surface area contributed by atoms with Gasteiger partial charge in [-0.15, -0.1) is 5.10 Å². The number of nitrogens with zero attached hydrogens (tertiary/aromatic N) is 5. The van der Waals surface area contributed by atoms with Crippen LogP contribution in [0.2, 0.25) is 0 Å². The summed E-state index contributed by atoms with van der Waals surface area (Å²) in [4.78, 5) is 16.8. The van der Waals surface area contributed by atoms with Gasteiger partial charge in [0.2, 0.25) is 5.91 Å². The second-order valence-electron chi connectivity index (χ2n) is 7.37. The van der Waals surface area contributed by atoms with Crippen LogP contribution in [0, 0.1) is 0 Å². The Labute approximate surface area is 182 Å². The molecular weight excluding hydrogens is 390 g/mol. The second-order valence-corrected chi connectivity index (χ2v) is 7.37. The van der Waals surface area contributed by atoms with Crippen molar-refractivity contribution >= 4 is 17.7 Å². The third-order valence-corrected chi connectivity index (χ3v) is 5.24. The Morgan fingerprint density at radius 3 is 2.55 bits per heavy atom. The van der Waals surface area contributed by atoms with Crippen molar-refractivity contribution in [1.29, 1.82) is 0 Å². The van der Waals surface area contributed by atoms with Crippen molar-refractivity contribution in [3.63, 3.8) is 0 Å². The zero-order valence-electron chi connectivity index (χ0n) is 17.7. The number of carbonyl (C=O) groups is 1. The first-order valence-corrected chi connectivity index (χ1v) is 10.6. The average molecular weight is 418 g/mol. The summed E-state index contributed by atoms with van der Waals surface area (Å²) >= 11 is 0. The summed E-state index contributed by atoms with van der Waals surface area (Å²) < 4.78 is 7.52. The van der Waals surface area contributed by atoms with Gasteiger partial charge < -0.3 is 14.5 Å². The largest absolute Gasteiger partial charge is 0.492 e. The topological polar surface area (TPSA) is 63.5 Å². The summed E-state index contributed by atoms with van der Waals surface area (Å²) in [5, 5.41) is 8.28. The summed E-state index contributed by atoms with van der Waals surface area (Å²) in [6.07, 6.45) is 5.16. The Morgan fingerprint density at radius 1 is 1.03 bits per heavy atom. The minimum absolute atomic E-state index is 0.00430. The fourth-order valence-electron chi connectivity index (χ4n) is 3.66. The Bertz CT molecular complexity index is 1020. The van der Waals surface area contributed by atoms with Gasteiger partial charge in [0.05, 0.1) is 25.0 Å². The van der Waals surface area contributed by atoms with Gasteiger partial charge in [0, 0.05) is 32.3 Å². The third kappa shape index (κ3) is 5.31. The molecule has 1 aromatic heterocycles. The Kier molecular flexibility index (Phi) is 6.62. The van der Waals surface area contributed by atoms with E-state index in [2.05, 4.69) is 21.3 Å². The highest BCUT2D eigenvalue weighted by atomic mass is 16.5. The lowest BCUT2D eigenvalue weighted by atomic mass is 10.2. The van der Waals surface area contributed by atoms with E-state index in [1.807, 2.05) is 66.6 Å². The van der Waals surface area contributed by atoms with Crippen molar-refractivity contribution in [2.45, 2.75) is 13.5 Å². The van der Waals surface area contributed by atoms with Crippen molar-refractivity contribution < 1.29 is 9.53 Å². The highest BCUT2D eigenvalue weighted by Gasteiger charge is 2.21. The van der Waals surface area contributed by atoms with E-state index in [0.717, 1.165) is 30.1 Å². The molecule has 1 aliphatic rings. The van der Waals surface area contributed by atoms with Crippen LogP contribution < -0.4 is 9.64 Å². The summed E-state index contributed by atoms with van der Waals surface area (Å²) in [6, 6.07) is 18.1. The van der Waals surface area contributed by atoms with Gasteiger partial charge in [-0.3, -0.25) is 4.79 Å². The monoisotopic (exact) mass is 417 g/mol. The molecule has 7 heteroatoms. The van der Waals surface area contributed by atoms with E-state index < -0.39 is 0 Å². The standard InChI is InChI=1S/C24H27N5O2/c1-2-31-23-11-7-6-10-22(23)27-14-16-28(17-15-27)24(30)13-12-21-19-29(26-25-21)18-20-8-4-3-5-9-20/h3-13,19H,2,14-18H2,1H3/b13-12+. The number of ether oxygens (including phenoxy) is 1. The lowest BCUT2D eigenvalue weighted by molar-refractivity contribution is -0.126. The van der Waals surface area contributed by atoms with Gasteiger partial charge in [0.15, 0.2) is 0 Å². The molecule has 1 aliphatic heterocycles. The zero-order valence-corrected chi connectivity index (χ0v) is 17.7. The highest BCUT2D eigenvalue weighted by Crippen LogP contribution is 2.28. The van der Waals surface area contributed by atoms with Gasteiger partial charge in [0.25, 0.3) is 0 Å². The zero-order chi connectivity index (χ0) is 21.5. The summed E-state index contributed by atoms with van der Waals surface area (Å²) in [5.74, 6) is 0.888. The van der Waals surface area contributed by atoms with Gasteiger partial charge in [0.1, 0.15) is 11.4 Å². The van der Waals surface area contributed by atoms with Crippen LogP contribution in [-0.2, 0) is 11.3 Å². The molecule has 1 saturated heterocycles. The maximum Gasteiger partial charge on any atom is 0.246 e. The maximum absolute atomic E-state index is 12.6. The first-order chi connectivity index (χ1) is 15.2. The lowest BCUT2D eigenvalue weighted by Gasteiger charge is -2.36. The van der Waals surface area contributed by atoms with Crippen LogP contribution in [0.5, 0.6) is 5.75 Å². The fourth-order valence-corrected chi connectivity index (χ4v) is 3.66. The molecule has 0 saturated carbocycles. The first kappa shape index (κ1) is 20.7. The maximum atomic E-state index is 12.6. The number of amides is 1. The van der Waals surface area contributed by atoms with Crippen LogP contribution in [0.1, 0.15) is 18.2 Å². The average Bonchev–Trinajstić information content (AvgIpc) is 3.26. The van der Waals surface area contributed by atoms with Gasteiger partial charge in [-0.25, -0.2) is 4.68 Å². The normalized spacial score (nSPS) is 14.2. The number of para-hydroxylation sites is 2. The van der Waals surface area contributed by atoms with Crippen LogP contribution in [0.4, 0.5) is 5.69 Å². The molecule has 2 heterocycles. The summed E-state index contributed by atoms with van der Waals surface area (Å²) in [6.45, 7) is 6.17. The molecule has 0 spiro atoms. The number of anilines is 1. The molecule has 0 aliphatic carbocycles. The van der Waals surface area contributed by atoms with Crippen molar-refractivity contribution in [2.75, 3.05) is 37.7 Å². The van der Waals surface area contributed by atoms with E-state index in [0.29, 0.717) is 31.9 Å². The van der Waals surface area contributed by atoms with Crippen molar-refractivity contribution in [3.05, 3.63) is 78.1 Å². The van der Waals surface area contributed by atoms with Gasteiger partial charge in [-0.1, -0.05) is 47.7 Å². The SMILES string of the molecule is CCOc1ccccc1N1CCN(C(=O)/C=C/c2cn(Cc3ccccc3)nn2)CC1. The van der Waals surface area contributed by atoms with E-state index in [4.69, 9.17) is 4.74 Å². The number of hydrogen-bond acceptors (Lipinski definition) is 5. The number of aromatic nitrogens is 3.